The van der Waals surface area contributed by atoms with Crippen LogP contribution in [0.25, 0.3) is 0 Å². The average molecular weight is 462 g/mol. The summed E-state index contributed by atoms with van der Waals surface area (Å²) < 4.78 is 0.999. The van der Waals surface area contributed by atoms with Crippen LogP contribution in [0.1, 0.15) is 53.1 Å². The van der Waals surface area contributed by atoms with E-state index in [4.69, 9.17) is 15.0 Å². The molecule has 0 unspecified atom stereocenters. The van der Waals surface area contributed by atoms with Crippen molar-refractivity contribution >= 4 is 38.7 Å². The van der Waals surface area contributed by atoms with Gasteiger partial charge in [0.1, 0.15) is 0 Å². The summed E-state index contributed by atoms with van der Waals surface area (Å²) in [6, 6.07) is 14.6. The van der Waals surface area contributed by atoms with Gasteiger partial charge in [-0.25, -0.2) is 4.98 Å². The smallest absolute Gasteiger partial charge is 0.0849 e. The van der Waals surface area contributed by atoms with Crippen molar-refractivity contribution in [2.75, 3.05) is 0 Å². The van der Waals surface area contributed by atoms with Crippen LogP contribution in [-0.4, -0.2) is 16.4 Å². The fourth-order valence-electron chi connectivity index (χ4n) is 3.69. The van der Waals surface area contributed by atoms with Gasteiger partial charge in [-0.05, 0) is 105 Å². The number of aryl methyl sites for hydroxylation is 5. The zero-order chi connectivity index (χ0) is 22.0. The number of halogens is 1. The molecule has 0 saturated heterocycles. The van der Waals surface area contributed by atoms with E-state index in [9.17, 15) is 0 Å². The van der Waals surface area contributed by atoms with Crippen LogP contribution in [0, 0.1) is 34.6 Å². The fourth-order valence-corrected chi connectivity index (χ4v) is 4.45. The predicted molar refractivity (Wildman–Crippen MR) is 132 cm³/mol. The van der Waals surface area contributed by atoms with E-state index in [2.05, 4.69) is 74.8 Å². The molecule has 0 amide bonds. The first-order chi connectivity index (χ1) is 14.2. The van der Waals surface area contributed by atoms with Crippen LogP contribution in [-0.2, 0) is 0 Å². The first-order valence-electron chi connectivity index (χ1n) is 10.1. The number of rotatable bonds is 4. The Labute approximate surface area is 188 Å². The molecule has 3 nitrogen and oxygen atoms in total. The SMILES string of the molecule is CC(=Nc1c(C)cc(C)cc1C)c1cccc(C(C)=Nc2c(C)cc(C)cc2Br)n1. The number of aliphatic imine (C=N–C) groups is 2. The second-order valence-corrected chi connectivity index (χ2v) is 8.82. The standard InChI is InChI=1S/C26H28BrN3/c1-15-11-17(3)25(18(4)12-15)28-20(6)23-9-8-10-24(30-23)21(7)29-26-19(5)13-16(2)14-22(26)27/h8-14H,1-7H3. The fraction of sp³-hybridized carbons (Fsp3) is 0.269. The van der Waals surface area contributed by atoms with Crippen molar-refractivity contribution in [2.24, 2.45) is 9.98 Å². The molecule has 154 valence electrons. The predicted octanol–water partition coefficient (Wildman–Crippen LogP) is 7.67. The second kappa shape index (κ2) is 9.05. The highest BCUT2D eigenvalue weighted by Gasteiger charge is 2.09. The molecule has 0 spiro atoms. The third-order valence-electron chi connectivity index (χ3n) is 5.08. The molecule has 1 aromatic heterocycles. The van der Waals surface area contributed by atoms with Crippen molar-refractivity contribution in [1.29, 1.82) is 0 Å². The molecular weight excluding hydrogens is 434 g/mol. The lowest BCUT2D eigenvalue weighted by molar-refractivity contribution is 1.22. The molecule has 0 radical (unpaired) electrons. The molecule has 0 saturated carbocycles. The van der Waals surface area contributed by atoms with Gasteiger partial charge in [0, 0.05) is 4.47 Å². The Balaban J connectivity index is 1.99. The van der Waals surface area contributed by atoms with Gasteiger partial charge < -0.3 is 0 Å². The van der Waals surface area contributed by atoms with Crippen molar-refractivity contribution in [3.63, 3.8) is 0 Å². The number of hydrogen-bond acceptors (Lipinski definition) is 3. The number of aromatic nitrogens is 1. The molecule has 0 aliphatic heterocycles. The quantitative estimate of drug-likeness (QED) is 0.367. The summed E-state index contributed by atoms with van der Waals surface area (Å²) in [4.78, 5) is 14.6. The molecule has 3 aromatic rings. The Kier molecular flexibility index (Phi) is 6.67. The summed E-state index contributed by atoms with van der Waals surface area (Å²) in [6.07, 6.45) is 0. The number of pyridine rings is 1. The van der Waals surface area contributed by atoms with E-state index in [0.29, 0.717) is 0 Å². The maximum absolute atomic E-state index is 4.90. The van der Waals surface area contributed by atoms with Crippen LogP contribution in [0.4, 0.5) is 11.4 Å². The molecule has 0 atom stereocenters. The summed E-state index contributed by atoms with van der Waals surface area (Å²) in [6.45, 7) is 14.5. The first kappa shape index (κ1) is 22.1. The summed E-state index contributed by atoms with van der Waals surface area (Å²) in [5, 5.41) is 0. The Hall–Kier alpha value is -2.59. The topological polar surface area (TPSA) is 37.6 Å². The monoisotopic (exact) mass is 461 g/mol. The highest BCUT2D eigenvalue weighted by molar-refractivity contribution is 9.10. The summed E-state index contributed by atoms with van der Waals surface area (Å²) in [5.41, 5.74) is 11.4. The Morgan fingerprint density at radius 3 is 1.63 bits per heavy atom. The van der Waals surface area contributed by atoms with Crippen molar-refractivity contribution in [3.05, 3.63) is 86.1 Å². The molecule has 0 fully saturated rings. The molecule has 30 heavy (non-hydrogen) atoms. The van der Waals surface area contributed by atoms with Crippen molar-refractivity contribution in [1.82, 2.24) is 4.98 Å². The largest absolute Gasteiger partial charge is 0.251 e. The maximum atomic E-state index is 4.90. The third-order valence-corrected chi connectivity index (χ3v) is 5.69. The maximum Gasteiger partial charge on any atom is 0.0849 e. The van der Waals surface area contributed by atoms with Gasteiger partial charge in [0.15, 0.2) is 0 Å². The Morgan fingerprint density at radius 1 is 0.700 bits per heavy atom. The zero-order valence-corrected chi connectivity index (χ0v) is 20.3. The molecule has 1 heterocycles. The molecule has 0 aliphatic carbocycles. The van der Waals surface area contributed by atoms with Crippen molar-refractivity contribution in [2.45, 2.75) is 48.5 Å². The van der Waals surface area contributed by atoms with E-state index in [1.807, 2.05) is 32.0 Å². The van der Waals surface area contributed by atoms with Crippen LogP contribution in [0.5, 0.6) is 0 Å². The highest BCUT2D eigenvalue weighted by atomic mass is 79.9. The summed E-state index contributed by atoms with van der Waals surface area (Å²) in [7, 11) is 0. The number of benzene rings is 2. The van der Waals surface area contributed by atoms with Gasteiger partial charge in [-0.2, -0.15) is 0 Å². The molecule has 2 aromatic carbocycles. The van der Waals surface area contributed by atoms with Crippen molar-refractivity contribution in [3.8, 4) is 0 Å². The lowest BCUT2D eigenvalue weighted by Gasteiger charge is -2.10. The normalized spacial score (nSPS) is 12.4. The van der Waals surface area contributed by atoms with E-state index in [1.165, 1.54) is 22.3 Å². The van der Waals surface area contributed by atoms with Gasteiger partial charge in [-0.3, -0.25) is 9.98 Å². The Morgan fingerprint density at radius 2 is 1.13 bits per heavy atom. The molecule has 4 heteroatoms. The van der Waals surface area contributed by atoms with Crippen LogP contribution in [0.2, 0.25) is 0 Å². The van der Waals surface area contributed by atoms with E-state index in [-0.39, 0.29) is 0 Å². The molecule has 0 bridgehead atoms. The highest BCUT2D eigenvalue weighted by Crippen LogP contribution is 2.31. The van der Waals surface area contributed by atoms with Gasteiger partial charge in [0.25, 0.3) is 0 Å². The van der Waals surface area contributed by atoms with Gasteiger partial charge in [-0.1, -0.05) is 29.8 Å². The number of nitrogens with zero attached hydrogens (tertiary/aromatic N) is 3. The second-order valence-electron chi connectivity index (χ2n) is 7.96. The van der Waals surface area contributed by atoms with Gasteiger partial charge in [0.05, 0.1) is 34.2 Å². The van der Waals surface area contributed by atoms with E-state index in [0.717, 1.165) is 44.2 Å². The molecule has 3 rings (SSSR count). The lowest BCUT2D eigenvalue weighted by Crippen LogP contribution is -2.05. The van der Waals surface area contributed by atoms with Gasteiger partial charge in [0.2, 0.25) is 0 Å². The van der Waals surface area contributed by atoms with Crippen LogP contribution in [0.15, 0.2) is 56.9 Å². The van der Waals surface area contributed by atoms with Gasteiger partial charge in [-0.15, -0.1) is 0 Å². The molecule has 0 N–H and O–H groups in total. The molecule has 0 aliphatic rings. The minimum absolute atomic E-state index is 0.853. The Bertz CT molecular complexity index is 1040. The van der Waals surface area contributed by atoms with E-state index >= 15 is 0 Å². The average Bonchev–Trinajstić information content (AvgIpc) is 2.67. The van der Waals surface area contributed by atoms with Crippen LogP contribution >= 0.6 is 15.9 Å². The summed E-state index contributed by atoms with van der Waals surface area (Å²) >= 11 is 3.65. The zero-order valence-electron chi connectivity index (χ0n) is 18.8. The van der Waals surface area contributed by atoms with E-state index < -0.39 is 0 Å². The van der Waals surface area contributed by atoms with E-state index in [1.54, 1.807) is 0 Å². The summed E-state index contributed by atoms with van der Waals surface area (Å²) in [5.74, 6) is 0. The van der Waals surface area contributed by atoms with Crippen LogP contribution < -0.4 is 0 Å². The minimum atomic E-state index is 0.853. The van der Waals surface area contributed by atoms with Crippen LogP contribution in [0.3, 0.4) is 0 Å². The lowest BCUT2D eigenvalue weighted by atomic mass is 10.1. The van der Waals surface area contributed by atoms with Crippen molar-refractivity contribution < 1.29 is 0 Å². The first-order valence-corrected chi connectivity index (χ1v) is 10.9. The third kappa shape index (κ3) is 4.93. The minimum Gasteiger partial charge on any atom is -0.251 e. The molecular formula is C26H28BrN3. The number of hydrogen-bond donors (Lipinski definition) is 0. The van der Waals surface area contributed by atoms with Gasteiger partial charge >= 0.3 is 0 Å².